The molecule has 0 amide bonds. The van der Waals surface area contributed by atoms with Gasteiger partial charge in [-0.15, -0.1) is 16.7 Å². The van der Waals surface area contributed by atoms with Crippen molar-refractivity contribution < 1.29 is 9.15 Å². The van der Waals surface area contributed by atoms with Crippen LogP contribution in [0.5, 0.6) is 5.75 Å². The molecule has 0 aliphatic carbocycles. The largest absolute Gasteiger partial charge is 0.491 e. The summed E-state index contributed by atoms with van der Waals surface area (Å²) in [6.07, 6.45) is 0.155. The lowest BCUT2D eigenvalue weighted by Crippen LogP contribution is -2.05. The number of aromatic nitrogens is 2. The third-order valence-corrected chi connectivity index (χ3v) is 2.44. The van der Waals surface area contributed by atoms with E-state index in [9.17, 15) is 0 Å². The highest BCUT2D eigenvalue weighted by Crippen LogP contribution is 2.23. The summed E-state index contributed by atoms with van der Waals surface area (Å²) in [6.45, 7) is 5.75. The number of nitrogens with one attached hydrogen (secondary N) is 1. The van der Waals surface area contributed by atoms with Crippen LogP contribution in [-0.4, -0.2) is 16.3 Å². The van der Waals surface area contributed by atoms with Crippen LogP contribution in [0, 0.1) is 0 Å². The smallest absolute Gasteiger partial charge is 0.320 e. The molecule has 0 aliphatic rings. The molecule has 1 heterocycles. The molecule has 2 rings (SSSR count). The van der Waals surface area contributed by atoms with Crippen molar-refractivity contribution in [3.05, 3.63) is 30.2 Å². The van der Waals surface area contributed by atoms with Crippen molar-refractivity contribution in [1.29, 1.82) is 0 Å². The fourth-order valence-electron chi connectivity index (χ4n) is 1.46. The van der Waals surface area contributed by atoms with Crippen molar-refractivity contribution in [2.45, 2.75) is 32.3 Å². The number of hydrogen-bond acceptors (Lipinski definition) is 5. The molecular formula is C13H16ClN3O2. The third-order valence-electron chi connectivity index (χ3n) is 2.26. The van der Waals surface area contributed by atoms with Crippen LogP contribution in [-0.2, 0) is 0 Å². The lowest BCUT2D eigenvalue weighted by atomic mass is 10.3. The molecule has 0 bridgehead atoms. The molecule has 1 N–H and O–H groups in total. The van der Waals surface area contributed by atoms with Crippen LogP contribution in [0.4, 0.5) is 11.7 Å². The van der Waals surface area contributed by atoms with Crippen LogP contribution in [0.25, 0.3) is 0 Å². The zero-order valence-corrected chi connectivity index (χ0v) is 11.8. The van der Waals surface area contributed by atoms with Crippen LogP contribution in [0.15, 0.2) is 28.7 Å². The van der Waals surface area contributed by atoms with Crippen molar-refractivity contribution in [3.8, 4) is 5.75 Å². The van der Waals surface area contributed by atoms with Crippen LogP contribution < -0.4 is 10.1 Å². The Hall–Kier alpha value is -1.75. The van der Waals surface area contributed by atoms with Gasteiger partial charge in [0.1, 0.15) is 11.1 Å². The summed E-state index contributed by atoms with van der Waals surface area (Å²) >= 11 is 5.85. The van der Waals surface area contributed by atoms with E-state index in [1.165, 1.54) is 0 Å². The molecule has 0 radical (unpaired) electrons. The number of halogens is 1. The SMILES string of the molecule is CC(C)Oc1ccc(Nc2nnc(C(C)Cl)o2)cc1. The molecule has 1 aromatic carbocycles. The van der Waals surface area contributed by atoms with Crippen LogP contribution >= 0.6 is 11.6 Å². The molecule has 2 aromatic rings. The van der Waals surface area contributed by atoms with Gasteiger partial charge in [-0.3, -0.25) is 0 Å². The molecule has 0 spiro atoms. The Morgan fingerprint density at radius 1 is 1.16 bits per heavy atom. The molecule has 1 aromatic heterocycles. The van der Waals surface area contributed by atoms with Gasteiger partial charge in [-0.05, 0) is 45.0 Å². The summed E-state index contributed by atoms with van der Waals surface area (Å²) in [7, 11) is 0. The van der Waals surface area contributed by atoms with Gasteiger partial charge >= 0.3 is 6.01 Å². The molecule has 0 aliphatic heterocycles. The second-order valence-corrected chi connectivity index (χ2v) is 5.03. The first-order chi connectivity index (χ1) is 9.04. The predicted molar refractivity (Wildman–Crippen MR) is 74.1 cm³/mol. The molecule has 6 heteroatoms. The first-order valence-corrected chi connectivity index (χ1v) is 6.49. The highest BCUT2D eigenvalue weighted by Gasteiger charge is 2.11. The minimum absolute atomic E-state index is 0.155. The van der Waals surface area contributed by atoms with Gasteiger partial charge in [-0.25, -0.2) is 0 Å². The molecule has 1 unspecified atom stereocenters. The van der Waals surface area contributed by atoms with Crippen LogP contribution in [0.2, 0.25) is 0 Å². The highest BCUT2D eigenvalue weighted by atomic mass is 35.5. The maximum atomic E-state index is 5.85. The fourth-order valence-corrected chi connectivity index (χ4v) is 1.55. The van der Waals surface area contributed by atoms with E-state index in [1.54, 1.807) is 6.92 Å². The minimum Gasteiger partial charge on any atom is -0.491 e. The maximum absolute atomic E-state index is 5.85. The average molecular weight is 282 g/mol. The first-order valence-electron chi connectivity index (χ1n) is 6.06. The van der Waals surface area contributed by atoms with Gasteiger partial charge in [0.25, 0.3) is 0 Å². The van der Waals surface area contributed by atoms with Crippen molar-refractivity contribution in [2.24, 2.45) is 0 Å². The van der Waals surface area contributed by atoms with E-state index in [1.807, 2.05) is 38.1 Å². The lowest BCUT2D eigenvalue weighted by Gasteiger charge is -2.09. The van der Waals surface area contributed by atoms with Crippen molar-refractivity contribution in [1.82, 2.24) is 10.2 Å². The number of nitrogens with zero attached hydrogens (tertiary/aromatic N) is 2. The molecule has 1 atom stereocenters. The quantitative estimate of drug-likeness (QED) is 0.842. The fraction of sp³-hybridized carbons (Fsp3) is 0.385. The topological polar surface area (TPSA) is 60.2 Å². The van der Waals surface area contributed by atoms with Gasteiger partial charge in [0.15, 0.2) is 0 Å². The summed E-state index contributed by atoms with van der Waals surface area (Å²) in [5, 5.41) is 10.4. The second kappa shape index (κ2) is 5.93. The van der Waals surface area contributed by atoms with E-state index in [0.717, 1.165) is 11.4 Å². The lowest BCUT2D eigenvalue weighted by molar-refractivity contribution is 0.242. The van der Waals surface area contributed by atoms with Crippen molar-refractivity contribution in [2.75, 3.05) is 5.32 Å². The maximum Gasteiger partial charge on any atom is 0.320 e. The summed E-state index contributed by atoms with van der Waals surface area (Å²) < 4.78 is 10.9. The van der Waals surface area contributed by atoms with Gasteiger partial charge in [0.2, 0.25) is 5.89 Å². The van der Waals surface area contributed by atoms with Crippen LogP contribution in [0.3, 0.4) is 0 Å². The molecule has 19 heavy (non-hydrogen) atoms. The number of anilines is 2. The highest BCUT2D eigenvalue weighted by molar-refractivity contribution is 6.20. The second-order valence-electron chi connectivity index (χ2n) is 4.38. The Bertz CT molecular complexity index is 523. The van der Waals surface area contributed by atoms with E-state index >= 15 is 0 Å². The third kappa shape index (κ3) is 3.86. The zero-order valence-electron chi connectivity index (χ0n) is 11.1. The number of alkyl halides is 1. The van der Waals surface area contributed by atoms with E-state index in [0.29, 0.717) is 11.9 Å². The van der Waals surface area contributed by atoms with E-state index in [-0.39, 0.29) is 11.5 Å². The summed E-state index contributed by atoms with van der Waals surface area (Å²) in [4.78, 5) is 0. The van der Waals surface area contributed by atoms with Crippen molar-refractivity contribution >= 4 is 23.3 Å². The Morgan fingerprint density at radius 2 is 1.84 bits per heavy atom. The van der Waals surface area contributed by atoms with Gasteiger partial charge in [-0.2, -0.15) is 0 Å². The van der Waals surface area contributed by atoms with E-state index < -0.39 is 0 Å². The summed E-state index contributed by atoms with van der Waals surface area (Å²) in [5.41, 5.74) is 0.841. The van der Waals surface area contributed by atoms with Gasteiger partial charge in [0, 0.05) is 5.69 Å². The molecule has 0 saturated carbocycles. The van der Waals surface area contributed by atoms with Crippen LogP contribution in [0.1, 0.15) is 32.0 Å². The summed E-state index contributed by atoms with van der Waals surface area (Å²) in [5.74, 6) is 1.21. The normalized spacial score (nSPS) is 12.5. The number of benzene rings is 1. The molecule has 0 saturated heterocycles. The number of rotatable bonds is 5. The van der Waals surface area contributed by atoms with E-state index in [2.05, 4.69) is 15.5 Å². The average Bonchev–Trinajstić information content (AvgIpc) is 2.80. The Balaban J connectivity index is 2.02. The van der Waals surface area contributed by atoms with Gasteiger partial charge in [-0.1, -0.05) is 5.10 Å². The molecular weight excluding hydrogens is 266 g/mol. The number of hydrogen-bond donors (Lipinski definition) is 1. The summed E-state index contributed by atoms with van der Waals surface area (Å²) in [6, 6.07) is 7.84. The molecule has 102 valence electrons. The standard InChI is InChI=1S/C13H16ClN3O2/c1-8(2)18-11-6-4-10(5-7-11)15-13-17-16-12(19-13)9(3)14/h4-9H,1-3H3,(H,15,17). The predicted octanol–water partition coefficient (Wildman–Crippen LogP) is 3.90. The van der Waals surface area contributed by atoms with Gasteiger partial charge < -0.3 is 14.5 Å². The molecule has 5 nitrogen and oxygen atoms in total. The number of ether oxygens (including phenoxy) is 1. The Kier molecular flexibility index (Phi) is 4.27. The first kappa shape index (κ1) is 13.7. The Morgan fingerprint density at radius 3 is 2.37 bits per heavy atom. The monoisotopic (exact) mass is 281 g/mol. The van der Waals surface area contributed by atoms with E-state index in [4.69, 9.17) is 20.8 Å². The van der Waals surface area contributed by atoms with Crippen molar-refractivity contribution in [3.63, 3.8) is 0 Å². The zero-order chi connectivity index (χ0) is 13.8. The van der Waals surface area contributed by atoms with Gasteiger partial charge in [0.05, 0.1) is 6.10 Å². The Labute approximate surface area is 116 Å². The minimum atomic E-state index is -0.301. The molecule has 0 fully saturated rings.